The number of piperazine rings is 1. The third-order valence-corrected chi connectivity index (χ3v) is 11.4. The summed E-state index contributed by atoms with van der Waals surface area (Å²) < 4.78 is 0. The van der Waals surface area contributed by atoms with E-state index in [0.29, 0.717) is 11.4 Å². The van der Waals surface area contributed by atoms with Gasteiger partial charge in [0.25, 0.3) is 0 Å². The number of nitrogens with zero attached hydrogens (tertiary/aromatic N) is 3. The second-order valence-electron chi connectivity index (χ2n) is 15.0. The summed E-state index contributed by atoms with van der Waals surface area (Å²) in [5, 5.41) is 15.2. The normalized spacial score (nSPS) is 16.7. The third-order valence-electron chi connectivity index (χ3n) is 11.4. The highest BCUT2D eigenvalue weighted by Crippen LogP contribution is 2.48. The van der Waals surface area contributed by atoms with Crippen molar-refractivity contribution in [3.63, 3.8) is 0 Å². The first-order chi connectivity index (χ1) is 25.3. The molecule has 0 saturated carbocycles. The number of aromatic nitrogens is 1. The van der Waals surface area contributed by atoms with E-state index in [2.05, 4.69) is 133 Å². The Bertz CT molecular complexity index is 2420. The van der Waals surface area contributed by atoms with Crippen LogP contribution in [0, 0.1) is 12.3 Å². The van der Waals surface area contributed by atoms with Gasteiger partial charge in [-0.2, -0.15) is 0 Å². The average Bonchev–Trinajstić information content (AvgIpc) is 3.17. The van der Waals surface area contributed by atoms with E-state index in [-0.39, 0.29) is 11.0 Å². The fraction of sp³-hybridized carbons (Fsp3) is 0.234. The second kappa shape index (κ2) is 13.8. The van der Waals surface area contributed by atoms with Crippen LogP contribution in [0.15, 0.2) is 134 Å². The quantitative estimate of drug-likeness (QED) is 0.187. The number of para-hydroxylation sites is 2. The van der Waals surface area contributed by atoms with Gasteiger partial charge in [-0.1, -0.05) is 111 Å². The maximum absolute atomic E-state index is 10.8. The Morgan fingerprint density at radius 1 is 0.712 bits per heavy atom. The second-order valence-corrected chi connectivity index (χ2v) is 15.0. The molecule has 9 rings (SSSR count). The molecular weight excluding hydrogens is 639 g/mol. The van der Waals surface area contributed by atoms with Gasteiger partial charge in [0.2, 0.25) is 0 Å². The number of rotatable bonds is 4. The van der Waals surface area contributed by atoms with Crippen LogP contribution in [0.25, 0.3) is 32.4 Å². The van der Waals surface area contributed by atoms with E-state index < -0.39 is 5.97 Å². The van der Waals surface area contributed by atoms with E-state index in [1.165, 1.54) is 49.6 Å². The van der Waals surface area contributed by atoms with Crippen LogP contribution < -0.4 is 9.80 Å². The number of hydrogen-bond acceptors (Lipinski definition) is 4. The Morgan fingerprint density at radius 2 is 1.42 bits per heavy atom. The zero-order valence-corrected chi connectivity index (χ0v) is 30.2. The summed E-state index contributed by atoms with van der Waals surface area (Å²) in [5.74, 6) is -0.430. The van der Waals surface area contributed by atoms with Gasteiger partial charge in [0.15, 0.2) is 0 Å². The lowest BCUT2D eigenvalue weighted by atomic mass is 9.63. The fourth-order valence-corrected chi connectivity index (χ4v) is 8.58. The number of fused-ring (bicyclic) bond motifs is 6. The lowest BCUT2D eigenvalue weighted by molar-refractivity contribution is 0.0698. The van der Waals surface area contributed by atoms with Gasteiger partial charge in [-0.3, -0.25) is 4.98 Å². The van der Waals surface area contributed by atoms with Crippen LogP contribution in [0.3, 0.4) is 0 Å². The van der Waals surface area contributed by atoms with Crippen molar-refractivity contribution in [2.75, 3.05) is 36.0 Å². The predicted molar refractivity (Wildman–Crippen MR) is 216 cm³/mol. The van der Waals surface area contributed by atoms with Gasteiger partial charge in [0.05, 0.1) is 11.1 Å². The van der Waals surface area contributed by atoms with Crippen LogP contribution >= 0.6 is 0 Å². The van der Waals surface area contributed by atoms with Crippen molar-refractivity contribution >= 4 is 49.8 Å². The lowest BCUT2D eigenvalue weighted by Gasteiger charge is -2.42. The monoisotopic (exact) mass is 683 g/mol. The van der Waals surface area contributed by atoms with Crippen molar-refractivity contribution in [1.82, 2.24) is 4.98 Å². The average molecular weight is 684 g/mol. The number of anilines is 2. The standard InChI is InChI=1S/C37H38N2.C10H7NO2/c1-26-9-4-7-14-36(26)39-21-19-38(20-22-39)30-12-8-11-29(23-30)35-24-28-16-18-32-31-13-6-5-10-27(31)15-17-33(32)34(28)25-37(35,2)3;12-10(13)8-5-1-3-7-4-2-6-11-9(7)8/h4-18,23,35H,19-22,24-25H2,1-3H3;1-6H,(H,12,13). The summed E-state index contributed by atoms with van der Waals surface area (Å²) in [7, 11) is 0. The van der Waals surface area contributed by atoms with E-state index in [1.54, 1.807) is 30.0 Å². The van der Waals surface area contributed by atoms with Crippen molar-refractivity contribution in [2.45, 2.75) is 39.5 Å². The maximum atomic E-state index is 10.8. The number of hydrogen-bond donors (Lipinski definition) is 1. The molecule has 1 N–H and O–H groups in total. The van der Waals surface area contributed by atoms with Crippen LogP contribution in [0.2, 0.25) is 0 Å². The molecule has 0 radical (unpaired) electrons. The van der Waals surface area contributed by atoms with E-state index in [0.717, 1.165) is 44.4 Å². The number of pyridine rings is 1. The van der Waals surface area contributed by atoms with Crippen LogP contribution in [0.1, 0.15) is 52.4 Å². The van der Waals surface area contributed by atoms with Crippen LogP contribution in [0.5, 0.6) is 0 Å². The molecule has 0 spiro atoms. The molecule has 260 valence electrons. The fourth-order valence-electron chi connectivity index (χ4n) is 8.58. The highest BCUT2D eigenvalue weighted by molar-refractivity contribution is 6.08. The smallest absolute Gasteiger partial charge is 0.337 e. The Kier molecular flexibility index (Phi) is 8.88. The molecule has 1 saturated heterocycles. The van der Waals surface area contributed by atoms with Crippen LogP contribution in [-0.2, 0) is 12.8 Å². The van der Waals surface area contributed by atoms with Gasteiger partial charge < -0.3 is 14.9 Å². The molecule has 1 atom stereocenters. The van der Waals surface area contributed by atoms with Gasteiger partial charge in [-0.25, -0.2) is 4.79 Å². The summed E-state index contributed by atoms with van der Waals surface area (Å²) in [5.41, 5.74) is 9.68. The molecular formula is C47H45N3O2. The minimum absolute atomic E-state index is 0.190. The Hall–Kier alpha value is -5.68. The van der Waals surface area contributed by atoms with E-state index in [9.17, 15) is 4.79 Å². The molecule has 7 aromatic rings. The summed E-state index contributed by atoms with van der Waals surface area (Å²) >= 11 is 0. The summed E-state index contributed by atoms with van der Waals surface area (Å²) in [6.45, 7) is 11.4. The van der Waals surface area contributed by atoms with Gasteiger partial charge in [0, 0.05) is 49.1 Å². The number of aryl methyl sites for hydroxylation is 1. The predicted octanol–water partition coefficient (Wildman–Crippen LogP) is 10.5. The van der Waals surface area contributed by atoms with Gasteiger partial charge in [-0.05, 0) is 105 Å². The first kappa shape index (κ1) is 33.5. The highest BCUT2D eigenvalue weighted by atomic mass is 16.4. The molecule has 5 nitrogen and oxygen atoms in total. The van der Waals surface area contributed by atoms with E-state index in [1.807, 2.05) is 12.1 Å². The SMILES string of the molecule is Cc1ccccc1N1CCN(c2cccc(C3Cc4ccc5c(ccc6ccccc65)c4CC3(C)C)c2)CC1.O=C(O)c1cccc2cccnc12. The van der Waals surface area contributed by atoms with Crippen molar-refractivity contribution in [1.29, 1.82) is 0 Å². The largest absolute Gasteiger partial charge is 0.478 e. The molecule has 1 aromatic heterocycles. The summed E-state index contributed by atoms with van der Waals surface area (Å²) in [4.78, 5) is 19.9. The zero-order valence-electron chi connectivity index (χ0n) is 30.2. The molecule has 1 aliphatic heterocycles. The highest BCUT2D eigenvalue weighted by Gasteiger charge is 2.37. The first-order valence-corrected chi connectivity index (χ1v) is 18.4. The number of aromatic carboxylic acids is 1. The summed E-state index contributed by atoms with van der Waals surface area (Å²) in [6.07, 6.45) is 3.81. The Labute approximate surface area is 306 Å². The van der Waals surface area contributed by atoms with Gasteiger partial charge in [-0.15, -0.1) is 0 Å². The van der Waals surface area contributed by atoms with Crippen molar-refractivity contribution in [2.24, 2.45) is 5.41 Å². The van der Waals surface area contributed by atoms with Crippen molar-refractivity contribution < 1.29 is 9.90 Å². The Balaban J connectivity index is 0.000000250. The molecule has 0 bridgehead atoms. The molecule has 6 aromatic carbocycles. The van der Waals surface area contributed by atoms with E-state index in [4.69, 9.17) is 5.11 Å². The minimum atomic E-state index is -0.940. The first-order valence-electron chi connectivity index (χ1n) is 18.4. The third kappa shape index (κ3) is 6.36. The van der Waals surface area contributed by atoms with Crippen molar-refractivity contribution in [3.8, 4) is 0 Å². The van der Waals surface area contributed by atoms with Crippen LogP contribution in [-0.4, -0.2) is 42.2 Å². The van der Waals surface area contributed by atoms with Gasteiger partial charge in [0.1, 0.15) is 0 Å². The number of carboxylic acid groups (broad SMARTS) is 1. The lowest BCUT2D eigenvalue weighted by Crippen LogP contribution is -2.46. The molecule has 0 amide bonds. The minimum Gasteiger partial charge on any atom is -0.478 e. The number of benzene rings is 6. The number of carbonyl (C=O) groups is 1. The molecule has 1 aliphatic carbocycles. The summed E-state index contributed by atoms with van der Waals surface area (Å²) in [6, 6.07) is 45.2. The molecule has 2 heterocycles. The molecule has 1 unspecified atom stereocenters. The molecule has 5 heteroatoms. The molecule has 2 aliphatic rings. The molecule has 1 fully saturated rings. The van der Waals surface area contributed by atoms with E-state index >= 15 is 0 Å². The topological polar surface area (TPSA) is 56.7 Å². The maximum Gasteiger partial charge on any atom is 0.337 e. The van der Waals surface area contributed by atoms with Gasteiger partial charge >= 0.3 is 5.97 Å². The number of carboxylic acids is 1. The van der Waals surface area contributed by atoms with Crippen molar-refractivity contribution in [3.05, 3.63) is 161 Å². The zero-order chi connectivity index (χ0) is 35.8. The molecule has 52 heavy (non-hydrogen) atoms. The Morgan fingerprint density at radius 3 is 2.25 bits per heavy atom. The van der Waals surface area contributed by atoms with Crippen LogP contribution in [0.4, 0.5) is 11.4 Å².